The highest BCUT2D eigenvalue weighted by molar-refractivity contribution is 14.0. The summed E-state index contributed by atoms with van der Waals surface area (Å²) in [5.41, 5.74) is 5.88. The van der Waals surface area contributed by atoms with Gasteiger partial charge in [0, 0.05) is 26.1 Å². The van der Waals surface area contributed by atoms with Crippen LogP contribution in [0.25, 0.3) is 0 Å². The Balaban J connectivity index is 0.00000289. The summed E-state index contributed by atoms with van der Waals surface area (Å²) in [6.07, 6.45) is 4.79. The Kier molecular flexibility index (Phi) is 10.1. The van der Waals surface area contributed by atoms with E-state index in [1.165, 1.54) is 19.3 Å². The molecule has 18 heavy (non-hydrogen) atoms. The van der Waals surface area contributed by atoms with Crippen LogP contribution >= 0.6 is 24.0 Å². The topological polar surface area (TPSA) is 67.9 Å². The molecule has 0 aliphatic carbocycles. The van der Waals surface area contributed by atoms with Gasteiger partial charge in [0.15, 0.2) is 5.96 Å². The minimum atomic E-state index is -0.153. The molecule has 0 amide bonds. The molecule has 1 rings (SSSR count). The average Bonchev–Trinajstić information content (AvgIpc) is 2.36. The lowest BCUT2D eigenvalue weighted by Gasteiger charge is -2.27. The normalized spacial score (nSPS) is 16.1. The molecule has 1 aliphatic heterocycles. The smallest absolute Gasteiger partial charge is 0.305 e. The van der Waals surface area contributed by atoms with Gasteiger partial charge in [-0.05, 0) is 32.6 Å². The maximum Gasteiger partial charge on any atom is 0.305 e. The third-order valence-corrected chi connectivity index (χ3v) is 2.80. The molecule has 1 saturated heterocycles. The molecule has 0 unspecified atom stereocenters. The molecule has 0 spiro atoms. The largest absolute Gasteiger partial charge is 0.466 e. The second kappa shape index (κ2) is 10.4. The number of rotatable bonds is 5. The van der Waals surface area contributed by atoms with Crippen LogP contribution in [0.2, 0.25) is 0 Å². The fourth-order valence-electron chi connectivity index (χ4n) is 1.87. The van der Waals surface area contributed by atoms with Crippen molar-refractivity contribution in [3.8, 4) is 0 Å². The van der Waals surface area contributed by atoms with E-state index in [0.717, 1.165) is 13.1 Å². The van der Waals surface area contributed by atoms with Crippen LogP contribution in [0.1, 0.15) is 39.0 Å². The fraction of sp³-hybridized carbons (Fsp3) is 0.833. The number of halogens is 1. The summed E-state index contributed by atoms with van der Waals surface area (Å²) in [6.45, 7) is 4.87. The van der Waals surface area contributed by atoms with E-state index in [-0.39, 0.29) is 29.9 Å². The minimum Gasteiger partial charge on any atom is -0.466 e. The quantitative estimate of drug-likeness (QED) is 0.264. The van der Waals surface area contributed by atoms with Crippen LogP contribution in [0.5, 0.6) is 0 Å². The number of nitrogens with two attached hydrogens (primary N) is 1. The van der Waals surface area contributed by atoms with Gasteiger partial charge in [0.1, 0.15) is 0 Å². The van der Waals surface area contributed by atoms with Gasteiger partial charge in [-0.2, -0.15) is 0 Å². The molecule has 1 aliphatic rings. The molecule has 0 radical (unpaired) electrons. The van der Waals surface area contributed by atoms with E-state index < -0.39 is 0 Å². The number of guanidine groups is 1. The highest BCUT2D eigenvalue weighted by Crippen LogP contribution is 2.07. The van der Waals surface area contributed by atoms with Gasteiger partial charge in [0.05, 0.1) is 6.61 Å². The van der Waals surface area contributed by atoms with Gasteiger partial charge in [-0.15, -0.1) is 24.0 Å². The van der Waals surface area contributed by atoms with E-state index in [0.29, 0.717) is 32.0 Å². The number of hydrogen-bond donors (Lipinski definition) is 1. The van der Waals surface area contributed by atoms with Crippen molar-refractivity contribution < 1.29 is 9.53 Å². The maximum atomic E-state index is 11.1. The predicted octanol–water partition coefficient (Wildman–Crippen LogP) is 1.75. The molecule has 0 bridgehead atoms. The summed E-state index contributed by atoms with van der Waals surface area (Å²) < 4.78 is 4.84. The number of aliphatic imine (C=N–C) groups is 1. The van der Waals surface area contributed by atoms with Crippen LogP contribution in [-0.2, 0) is 9.53 Å². The Labute approximate surface area is 126 Å². The Morgan fingerprint density at radius 1 is 1.33 bits per heavy atom. The van der Waals surface area contributed by atoms with Crippen molar-refractivity contribution in [1.29, 1.82) is 0 Å². The fourth-order valence-corrected chi connectivity index (χ4v) is 1.87. The van der Waals surface area contributed by atoms with E-state index in [9.17, 15) is 4.79 Å². The van der Waals surface area contributed by atoms with Gasteiger partial charge in [-0.1, -0.05) is 0 Å². The standard InChI is InChI=1S/C12H23N3O2.HI/c1-2-17-11(16)7-6-8-14-12(13)15-9-4-3-5-10-15;/h2-10H2,1H3,(H2,13,14);1H. The van der Waals surface area contributed by atoms with Crippen molar-refractivity contribution in [3.63, 3.8) is 0 Å². The number of likely N-dealkylation sites (tertiary alicyclic amines) is 1. The number of ether oxygens (including phenoxy) is 1. The molecule has 2 N–H and O–H groups in total. The summed E-state index contributed by atoms with van der Waals surface area (Å²) in [5, 5.41) is 0. The van der Waals surface area contributed by atoms with Crippen LogP contribution in [0.4, 0.5) is 0 Å². The highest BCUT2D eigenvalue weighted by Gasteiger charge is 2.11. The first-order valence-corrected chi connectivity index (χ1v) is 6.44. The lowest BCUT2D eigenvalue weighted by Crippen LogP contribution is -2.40. The van der Waals surface area contributed by atoms with Gasteiger partial charge in [-0.25, -0.2) is 0 Å². The molecule has 1 fully saturated rings. The zero-order valence-electron chi connectivity index (χ0n) is 11.1. The summed E-state index contributed by atoms with van der Waals surface area (Å²) in [4.78, 5) is 17.5. The van der Waals surface area contributed by atoms with Crippen LogP contribution < -0.4 is 5.73 Å². The summed E-state index contributed by atoms with van der Waals surface area (Å²) >= 11 is 0. The first kappa shape index (κ1) is 17.5. The van der Waals surface area contributed by atoms with Crippen LogP contribution in [0.3, 0.4) is 0 Å². The Morgan fingerprint density at radius 3 is 2.61 bits per heavy atom. The third kappa shape index (κ3) is 7.03. The van der Waals surface area contributed by atoms with Crippen molar-refractivity contribution in [2.75, 3.05) is 26.2 Å². The second-order valence-electron chi connectivity index (χ2n) is 4.20. The predicted molar refractivity (Wildman–Crippen MR) is 83.2 cm³/mol. The van der Waals surface area contributed by atoms with Gasteiger partial charge in [0.25, 0.3) is 0 Å². The number of hydrogen-bond acceptors (Lipinski definition) is 3. The minimum absolute atomic E-state index is 0. The molecule has 0 atom stereocenters. The van der Waals surface area contributed by atoms with Crippen molar-refractivity contribution in [1.82, 2.24) is 4.90 Å². The average molecular weight is 369 g/mol. The van der Waals surface area contributed by atoms with Crippen molar-refractivity contribution in [2.24, 2.45) is 10.7 Å². The monoisotopic (exact) mass is 369 g/mol. The zero-order valence-corrected chi connectivity index (χ0v) is 13.4. The molecule has 0 saturated carbocycles. The molecule has 1 heterocycles. The van der Waals surface area contributed by atoms with Crippen LogP contribution in [0, 0.1) is 0 Å². The van der Waals surface area contributed by atoms with E-state index >= 15 is 0 Å². The summed E-state index contributed by atoms with van der Waals surface area (Å²) in [6, 6.07) is 0. The highest BCUT2D eigenvalue weighted by atomic mass is 127. The van der Waals surface area contributed by atoms with Gasteiger partial charge >= 0.3 is 5.97 Å². The second-order valence-corrected chi connectivity index (χ2v) is 4.20. The molecule has 6 heteroatoms. The number of carbonyl (C=O) groups is 1. The lowest BCUT2D eigenvalue weighted by molar-refractivity contribution is -0.143. The molecule has 0 aromatic rings. The van der Waals surface area contributed by atoms with E-state index in [2.05, 4.69) is 9.89 Å². The molecule has 0 aromatic carbocycles. The van der Waals surface area contributed by atoms with Crippen molar-refractivity contribution >= 4 is 35.9 Å². The summed E-state index contributed by atoms with van der Waals surface area (Å²) in [7, 11) is 0. The van der Waals surface area contributed by atoms with Crippen molar-refractivity contribution in [3.05, 3.63) is 0 Å². The van der Waals surface area contributed by atoms with Gasteiger partial charge < -0.3 is 15.4 Å². The SMILES string of the molecule is CCOC(=O)CCCN=C(N)N1CCCCC1.I. The first-order chi connectivity index (χ1) is 8.24. The Bertz CT molecular complexity index is 266. The Hall–Kier alpha value is -0.530. The van der Waals surface area contributed by atoms with Crippen LogP contribution in [-0.4, -0.2) is 43.1 Å². The van der Waals surface area contributed by atoms with E-state index in [1.54, 1.807) is 0 Å². The maximum absolute atomic E-state index is 11.1. The van der Waals surface area contributed by atoms with E-state index in [4.69, 9.17) is 10.5 Å². The van der Waals surface area contributed by atoms with Crippen LogP contribution in [0.15, 0.2) is 4.99 Å². The number of carbonyl (C=O) groups excluding carboxylic acids is 1. The zero-order chi connectivity index (χ0) is 12.5. The van der Waals surface area contributed by atoms with E-state index in [1.807, 2.05) is 6.92 Å². The number of piperidine rings is 1. The third-order valence-electron chi connectivity index (χ3n) is 2.80. The molecule has 5 nitrogen and oxygen atoms in total. The molecule has 106 valence electrons. The first-order valence-electron chi connectivity index (χ1n) is 6.44. The number of esters is 1. The summed E-state index contributed by atoms with van der Waals surface area (Å²) in [5.74, 6) is 0.466. The number of nitrogens with zero attached hydrogens (tertiary/aromatic N) is 2. The molecular weight excluding hydrogens is 345 g/mol. The van der Waals surface area contributed by atoms with Gasteiger partial charge in [-0.3, -0.25) is 9.79 Å². The lowest BCUT2D eigenvalue weighted by atomic mass is 10.1. The molecular formula is C12H24IN3O2. The van der Waals surface area contributed by atoms with Crippen molar-refractivity contribution in [2.45, 2.75) is 39.0 Å². The van der Waals surface area contributed by atoms with Gasteiger partial charge in [0.2, 0.25) is 0 Å². The Morgan fingerprint density at radius 2 is 2.00 bits per heavy atom. The molecule has 0 aromatic heterocycles.